The van der Waals surface area contributed by atoms with Crippen molar-refractivity contribution in [2.24, 2.45) is 0 Å². The van der Waals surface area contributed by atoms with Crippen molar-refractivity contribution in [3.63, 3.8) is 0 Å². The van der Waals surface area contributed by atoms with Crippen LogP contribution in [0.25, 0.3) is 0 Å². The lowest BCUT2D eigenvalue weighted by atomic mass is 9.91. The zero-order valence-electron chi connectivity index (χ0n) is 13.7. The third kappa shape index (κ3) is 3.92. The summed E-state index contributed by atoms with van der Waals surface area (Å²) < 4.78 is 6.00. The van der Waals surface area contributed by atoms with Gasteiger partial charge in [-0.3, -0.25) is 0 Å². The van der Waals surface area contributed by atoms with Crippen LogP contribution in [0, 0.1) is 0 Å². The van der Waals surface area contributed by atoms with Gasteiger partial charge in [-0.05, 0) is 18.1 Å². The van der Waals surface area contributed by atoms with E-state index in [-0.39, 0.29) is 11.6 Å². The highest BCUT2D eigenvalue weighted by molar-refractivity contribution is 7.46. The second-order valence-corrected chi connectivity index (χ2v) is 7.43. The Labute approximate surface area is 143 Å². The molecule has 0 spiro atoms. The number of rotatable bonds is 4. The molecule has 1 aliphatic heterocycles. The van der Waals surface area contributed by atoms with Crippen LogP contribution < -0.4 is 10.2 Å². The van der Waals surface area contributed by atoms with Gasteiger partial charge in [0.25, 0.3) is 0 Å². The Kier molecular flexibility index (Phi) is 5.44. The van der Waals surface area contributed by atoms with Crippen LogP contribution in [-0.4, -0.2) is 29.4 Å². The van der Waals surface area contributed by atoms with Crippen molar-refractivity contribution < 1.29 is 14.5 Å². The molecule has 1 unspecified atom stereocenters. The van der Waals surface area contributed by atoms with Gasteiger partial charge in [0.05, 0.1) is 12.1 Å². The zero-order valence-corrected chi connectivity index (χ0v) is 14.6. The molecule has 0 radical (unpaired) electrons. The number of hydrogen-bond acceptors (Lipinski definition) is 4. The fourth-order valence-corrected chi connectivity index (χ4v) is 3.74. The van der Waals surface area contributed by atoms with E-state index in [4.69, 9.17) is 4.74 Å². The number of hydrogen-bond donors (Lipinski definition) is 2. The summed E-state index contributed by atoms with van der Waals surface area (Å²) in [7, 11) is -2.39. The lowest BCUT2D eigenvalue weighted by Crippen LogP contribution is -2.55. The summed E-state index contributed by atoms with van der Waals surface area (Å²) in [6.07, 6.45) is 0.108. The Morgan fingerprint density at radius 2 is 1.83 bits per heavy atom. The lowest BCUT2D eigenvalue weighted by molar-refractivity contribution is -0.168. The molecule has 2 aromatic carbocycles. The highest BCUT2D eigenvalue weighted by Crippen LogP contribution is 2.27. The van der Waals surface area contributed by atoms with Crippen LogP contribution in [0.2, 0.25) is 0 Å². The highest BCUT2D eigenvalue weighted by Gasteiger charge is 2.36. The average molecular weight is 343 g/mol. The van der Waals surface area contributed by atoms with E-state index in [9.17, 15) is 9.79 Å². The van der Waals surface area contributed by atoms with Gasteiger partial charge in [-0.25, -0.2) is 0 Å². The van der Waals surface area contributed by atoms with Crippen molar-refractivity contribution in [3.8, 4) is 0 Å². The average Bonchev–Trinajstić information content (AvgIpc) is 2.62. The van der Waals surface area contributed by atoms with Gasteiger partial charge in [0.2, 0.25) is 8.00 Å². The molecule has 0 aliphatic carbocycles. The second kappa shape index (κ2) is 7.56. The molecular weight excluding hydrogens is 321 g/mol. The minimum atomic E-state index is -2.39. The fraction of sp³-hybridized carbons (Fsp3) is 0.316. The number of morpholine rings is 1. The van der Waals surface area contributed by atoms with E-state index in [1.807, 2.05) is 48.5 Å². The number of nitrogens with one attached hydrogen (secondary N) is 1. The van der Waals surface area contributed by atoms with Crippen molar-refractivity contribution >= 4 is 13.3 Å². The van der Waals surface area contributed by atoms with Crippen LogP contribution in [0.1, 0.15) is 18.1 Å². The molecule has 4 nitrogen and oxygen atoms in total. The lowest BCUT2D eigenvalue weighted by Gasteiger charge is -2.38. The van der Waals surface area contributed by atoms with Crippen molar-refractivity contribution in [3.05, 3.63) is 71.8 Å². The standard InChI is InChI=1S/C19H22NO3P/c1-19(16-10-6-3-7-11-16)14-23-17(13-20-19)18(24(21)22)12-15-8-4-2-5-9-15/h2-11,17,20H,12-14H2,1H3,(H,21,22)/t17-,19+/m1/s1. The van der Waals surface area contributed by atoms with Crippen molar-refractivity contribution in [2.75, 3.05) is 13.2 Å². The largest absolute Gasteiger partial charge is 0.603 e. The fourth-order valence-electron chi connectivity index (χ4n) is 3.01. The van der Waals surface area contributed by atoms with Gasteiger partial charge in [-0.1, -0.05) is 60.7 Å². The molecule has 1 saturated heterocycles. The molecule has 2 aromatic rings. The molecule has 0 amide bonds. The topological polar surface area (TPSA) is 64.5 Å². The Morgan fingerprint density at radius 3 is 2.38 bits per heavy atom. The summed E-state index contributed by atoms with van der Waals surface area (Å²) in [6.45, 7) is 3.08. The van der Waals surface area contributed by atoms with E-state index in [1.54, 1.807) is 0 Å². The van der Waals surface area contributed by atoms with Gasteiger partial charge in [0.1, 0.15) is 6.10 Å². The van der Waals surface area contributed by atoms with Gasteiger partial charge in [-0.15, -0.1) is 0 Å². The van der Waals surface area contributed by atoms with Crippen LogP contribution in [-0.2, 0) is 16.7 Å². The van der Waals surface area contributed by atoms with Crippen LogP contribution in [0.4, 0.5) is 0 Å². The van der Waals surface area contributed by atoms with E-state index >= 15 is 0 Å². The predicted octanol–water partition coefficient (Wildman–Crippen LogP) is 1.97. The molecule has 1 heterocycles. The van der Waals surface area contributed by atoms with Crippen LogP contribution in [0.5, 0.6) is 0 Å². The molecule has 0 aromatic heterocycles. The minimum absolute atomic E-state index is 0.281. The van der Waals surface area contributed by atoms with E-state index < -0.39 is 8.00 Å². The van der Waals surface area contributed by atoms with Crippen LogP contribution >= 0.6 is 8.00 Å². The maximum atomic E-state index is 11.8. The Balaban J connectivity index is 1.71. The summed E-state index contributed by atoms with van der Waals surface area (Å²) in [6, 6.07) is 19.9. The first-order valence-corrected chi connectivity index (χ1v) is 9.28. The smallest absolute Gasteiger partial charge is 0.219 e. The zero-order chi connectivity index (χ0) is 17.0. The monoisotopic (exact) mass is 343 g/mol. The summed E-state index contributed by atoms with van der Waals surface area (Å²) in [5, 5.41) is 4.04. The molecule has 5 heteroatoms. The Hall–Kier alpha value is -1.55. The summed E-state index contributed by atoms with van der Waals surface area (Å²) in [5.74, 6) is 0. The van der Waals surface area contributed by atoms with E-state index in [0.717, 1.165) is 11.1 Å². The van der Waals surface area contributed by atoms with Gasteiger partial charge < -0.3 is 14.9 Å². The SMILES string of the molecule is C[C@@]1(c2ccccc2)CO[C@@H](C(Cc2ccccc2)=[P+]([O-])O)CN1. The Morgan fingerprint density at radius 1 is 1.21 bits per heavy atom. The Bertz CT molecular complexity index is 691. The molecular formula is C19H22NO3P. The van der Waals surface area contributed by atoms with Crippen LogP contribution in [0.15, 0.2) is 60.7 Å². The van der Waals surface area contributed by atoms with Crippen molar-refractivity contribution in [1.29, 1.82) is 0 Å². The third-order valence-corrected chi connectivity index (χ3v) is 5.44. The highest BCUT2D eigenvalue weighted by atomic mass is 31.1. The van der Waals surface area contributed by atoms with E-state index in [1.165, 1.54) is 0 Å². The maximum absolute atomic E-state index is 11.8. The molecule has 3 atom stereocenters. The first-order chi connectivity index (χ1) is 11.6. The van der Waals surface area contributed by atoms with E-state index in [2.05, 4.69) is 24.4 Å². The molecule has 1 aliphatic rings. The molecule has 24 heavy (non-hydrogen) atoms. The van der Waals surface area contributed by atoms with Crippen molar-refractivity contribution in [2.45, 2.75) is 25.0 Å². The predicted molar refractivity (Wildman–Crippen MR) is 95.8 cm³/mol. The quantitative estimate of drug-likeness (QED) is 0.833. The molecule has 0 saturated carbocycles. The maximum Gasteiger partial charge on any atom is 0.219 e. The first-order valence-electron chi connectivity index (χ1n) is 8.06. The molecule has 126 valence electrons. The minimum Gasteiger partial charge on any atom is -0.603 e. The number of ether oxygens (including phenoxy) is 1. The normalized spacial score (nSPS) is 25.2. The van der Waals surface area contributed by atoms with Crippen molar-refractivity contribution in [1.82, 2.24) is 5.32 Å². The molecule has 3 rings (SSSR count). The summed E-state index contributed by atoms with van der Waals surface area (Å²) >= 11 is 0. The molecule has 2 N–H and O–H groups in total. The number of benzene rings is 2. The summed E-state index contributed by atoms with van der Waals surface area (Å²) in [5.41, 5.74) is 1.89. The first kappa shape index (κ1) is 17.3. The van der Waals surface area contributed by atoms with Crippen LogP contribution in [0.3, 0.4) is 0 Å². The van der Waals surface area contributed by atoms with Gasteiger partial charge in [-0.2, -0.15) is 4.89 Å². The van der Waals surface area contributed by atoms with Gasteiger partial charge in [0.15, 0.2) is 5.29 Å². The third-order valence-electron chi connectivity index (χ3n) is 4.51. The van der Waals surface area contributed by atoms with Gasteiger partial charge in [0, 0.05) is 13.0 Å². The van der Waals surface area contributed by atoms with Gasteiger partial charge >= 0.3 is 0 Å². The molecule has 1 fully saturated rings. The molecule has 0 bridgehead atoms. The van der Waals surface area contributed by atoms with E-state index in [0.29, 0.717) is 24.9 Å². The summed E-state index contributed by atoms with van der Waals surface area (Å²) in [4.78, 5) is 21.6. The second-order valence-electron chi connectivity index (χ2n) is 6.31.